The van der Waals surface area contributed by atoms with Gasteiger partial charge in [0.15, 0.2) is 0 Å². The van der Waals surface area contributed by atoms with Crippen LogP contribution in [0.2, 0.25) is 0 Å². The molecular formula is C9H16O2. The van der Waals surface area contributed by atoms with Crippen molar-refractivity contribution >= 4 is 0 Å². The van der Waals surface area contributed by atoms with Crippen molar-refractivity contribution in [3.63, 3.8) is 0 Å². The van der Waals surface area contributed by atoms with Crippen molar-refractivity contribution < 1.29 is 9.84 Å². The van der Waals surface area contributed by atoms with Crippen molar-refractivity contribution in [3.8, 4) is 0 Å². The molecule has 0 aromatic rings. The lowest BCUT2D eigenvalue weighted by molar-refractivity contribution is -0.0690. The minimum absolute atomic E-state index is 0.461. The molecule has 1 N–H and O–H groups in total. The van der Waals surface area contributed by atoms with E-state index in [1.54, 1.807) is 7.11 Å². The van der Waals surface area contributed by atoms with E-state index in [1.165, 1.54) is 19.3 Å². The van der Waals surface area contributed by atoms with Gasteiger partial charge in [0.1, 0.15) is 0 Å². The molecule has 0 heterocycles. The molecule has 3 unspecified atom stereocenters. The van der Waals surface area contributed by atoms with Gasteiger partial charge in [0.25, 0.3) is 0 Å². The van der Waals surface area contributed by atoms with E-state index in [-0.39, 0.29) is 0 Å². The van der Waals surface area contributed by atoms with Gasteiger partial charge in [-0.3, -0.25) is 0 Å². The normalized spacial score (nSPS) is 48.5. The summed E-state index contributed by atoms with van der Waals surface area (Å²) in [6.07, 6.45) is 4.76. The van der Waals surface area contributed by atoms with Gasteiger partial charge in [0, 0.05) is 7.11 Å². The van der Waals surface area contributed by atoms with Crippen LogP contribution in [0.25, 0.3) is 0 Å². The maximum Gasteiger partial charge on any atom is 0.0910 e. The molecule has 2 heteroatoms. The van der Waals surface area contributed by atoms with E-state index in [9.17, 15) is 5.11 Å². The first kappa shape index (κ1) is 7.56. The van der Waals surface area contributed by atoms with Gasteiger partial charge in [0.2, 0.25) is 0 Å². The average Bonchev–Trinajstić information content (AvgIpc) is 2.45. The lowest BCUT2D eigenvalue weighted by Crippen LogP contribution is -2.39. The maximum atomic E-state index is 10.1. The van der Waals surface area contributed by atoms with Gasteiger partial charge in [-0.15, -0.1) is 0 Å². The topological polar surface area (TPSA) is 29.5 Å². The van der Waals surface area contributed by atoms with Crippen molar-refractivity contribution in [1.29, 1.82) is 0 Å². The summed E-state index contributed by atoms with van der Waals surface area (Å²) < 4.78 is 5.03. The Hall–Kier alpha value is -0.0800. The lowest BCUT2D eigenvalue weighted by Gasteiger charge is -2.31. The zero-order valence-corrected chi connectivity index (χ0v) is 7.05. The molecule has 0 spiro atoms. The van der Waals surface area contributed by atoms with E-state index >= 15 is 0 Å². The molecule has 0 aliphatic heterocycles. The van der Waals surface area contributed by atoms with Crippen LogP contribution in [0.5, 0.6) is 0 Å². The third-order valence-electron chi connectivity index (χ3n) is 3.34. The first-order valence-electron chi connectivity index (χ1n) is 4.46. The summed E-state index contributed by atoms with van der Waals surface area (Å²) in [6, 6.07) is 0. The second-order valence-corrected chi connectivity index (χ2v) is 4.12. The summed E-state index contributed by atoms with van der Waals surface area (Å²) >= 11 is 0. The Labute approximate surface area is 67.6 Å². The predicted molar refractivity (Wildman–Crippen MR) is 42.3 cm³/mol. The van der Waals surface area contributed by atoms with Gasteiger partial charge in [0.05, 0.1) is 12.2 Å². The standard InChI is InChI=1S/C9H16O2/c1-11-6-9(10)5-7-2-3-8(9)4-7/h7-8,10H,2-6H2,1H3. The van der Waals surface area contributed by atoms with Gasteiger partial charge in [-0.1, -0.05) is 0 Å². The summed E-state index contributed by atoms with van der Waals surface area (Å²) in [4.78, 5) is 0. The smallest absolute Gasteiger partial charge is 0.0910 e. The van der Waals surface area contributed by atoms with Crippen molar-refractivity contribution in [2.45, 2.75) is 31.3 Å². The van der Waals surface area contributed by atoms with E-state index < -0.39 is 5.60 Å². The Balaban J connectivity index is 2.04. The molecule has 2 saturated carbocycles. The SMILES string of the molecule is COCC1(O)CC2CCC1C2. The Kier molecular flexibility index (Phi) is 1.69. The molecule has 11 heavy (non-hydrogen) atoms. The molecule has 0 aromatic carbocycles. The number of aliphatic hydroxyl groups is 1. The summed E-state index contributed by atoms with van der Waals surface area (Å²) in [5, 5.41) is 10.1. The van der Waals surface area contributed by atoms with Gasteiger partial charge in [-0.25, -0.2) is 0 Å². The van der Waals surface area contributed by atoms with Gasteiger partial charge in [-0.2, -0.15) is 0 Å². The first-order chi connectivity index (χ1) is 5.24. The third kappa shape index (κ3) is 1.09. The van der Waals surface area contributed by atoms with Crippen LogP contribution < -0.4 is 0 Å². The molecule has 2 fully saturated rings. The Bertz CT molecular complexity index is 158. The molecule has 2 rings (SSSR count). The van der Waals surface area contributed by atoms with E-state index in [2.05, 4.69) is 0 Å². The predicted octanol–water partition coefficient (Wildman–Crippen LogP) is 1.18. The number of methoxy groups -OCH3 is 1. The highest BCUT2D eigenvalue weighted by molar-refractivity contribution is 5.00. The molecule has 3 atom stereocenters. The second kappa shape index (κ2) is 2.46. The summed E-state index contributed by atoms with van der Waals surface area (Å²) in [5.41, 5.74) is -0.461. The van der Waals surface area contributed by atoms with Crippen LogP contribution in [-0.4, -0.2) is 24.4 Å². The summed E-state index contributed by atoms with van der Waals surface area (Å²) in [7, 11) is 1.67. The number of hydrogen-bond acceptors (Lipinski definition) is 2. The highest BCUT2D eigenvalue weighted by Crippen LogP contribution is 2.50. The van der Waals surface area contributed by atoms with Crippen LogP contribution in [0.1, 0.15) is 25.7 Å². The van der Waals surface area contributed by atoms with Crippen LogP contribution in [-0.2, 0) is 4.74 Å². The van der Waals surface area contributed by atoms with E-state index in [0.717, 1.165) is 12.3 Å². The Morgan fingerprint density at radius 2 is 2.36 bits per heavy atom. The molecule has 2 nitrogen and oxygen atoms in total. The van der Waals surface area contributed by atoms with Crippen molar-refractivity contribution in [1.82, 2.24) is 0 Å². The summed E-state index contributed by atoms with van der Waals surface area (Å²) in [5.74, 6) is 1.33. The molecule has 2 aliphatic carbocycles. The number of fused-ring (bicyclic) bond motifs is 2. The fourth-order valence-corrected chi connectivity index (χ4v) is 2.84. The van der Waals surface area contributed by atoms with E-state index in [0.29, 0.717) is 12.5 Å². The fraction of sp³-hybridized carbons (Fsp3) is 1.00. The zero-order chi connectivity index (χ0) is 7.90. The van der Waals surface area contributed by atoms with Crippen LogP contribution in [0.4, 0.5) is 0 Å². The zero-order valence-electron chi connectivity index (χ0n) is 7.05. The highest BCUT2D eigenvalue weighted by atomic mass is 16.5. The fourth-order valence-electron chi connectivity index (χ4n) is 2.84. The van der Waals surface area contributed by atoms with Gasteiger partial charge in [-0.05, 0) is 37.5 Å². The first-order valence-corrected chi connectivity index (χ1v) is 4.46. The quantitative estimate of drug-likeness (QED) is 0.650. The maximum absolute atomic E-state index is 10.1. The van der Waals surface area contributed by atoms with Crippen LogP contribution in [0.3, 0.4) is 0 Å². The molecule has 2 aliphatic rings. The summed E-state index contributed by atoms with van der Waals surface area (Å²) in [6.45, 7) is 0.536. The molecule has 0 radical (unpaired) electrons. The molecule has 0 amide bonds. The minimum Gasteiger partial charge on any atom is -0.387 e. The second-order valence-electron chi connectivity index (χ2n) is 4.12. The van der Waals surface area contributed by atoms with Crippen LogP contribution in [0.15, 0.2) is 0 Å². The number of hydrogen-bond donors (Lipinski definition) is 1. The molecular weight excluding hydrogens is 140 g/mol. The largest absolute Gasteiger partial charge is 0.387 e. The van der Waals surface area contributed by atoms with E-state index in [4.69, 9.17) is 4.74 Å². The monoisotopic (exact) mass is 156 g/mol. The van der Waals surface area contributed by atoms with Crippen LogP contribution in [0, 0.1) is 11.8 Å². The minimum atomic E-state index is -0.461. The molecule has 0 saturated heterocycles. The van der Waals surface area contributed by atoms with Crippen molar-refractivity contribution in [2.75, 3.05) is 13.7 Å². The van der Waals surface area contributed by atoms with Crippen LogP contribution >= 0.6 is 0 Å². The highest BCUT2D eigenvalue weighted by Gasteiger charge is 2.49. The Morgan fingerprint density at radius 1 is 1.55 bits per heavy atom. The van der Waals surface area contributed by atoms with Gasteiger partial charge >= 0.3 is 0 Å². The molecule has 2 bridgehead atoms. The average molecular weight is 156 g/mol. The third-order valence-corrected chi connectivity index (χ3v) is 3.34. The van der Waals surface area contributed by atoms with Crippen molar-refractivity contribution in [3.05, 3.63) is 0 Å². The van der Waals surface area contributed by atoms with Crippen molar-refractivity contribution in [2.24, 2.45) is 11.8 Å². The molecule has 0 aromatic heterocycles. The number of rotatable bonds is 2. The van der Waals surface area contributed by atoms with E-state index in [1.807, 2.05) is 0 Å². The number of ether oxygens (including phenoxy) is 1. The molecule has 64 valence electrons. The lowest BCUT2D eigenvalue weighted by atomic mass is 9.85. The Morgan fingerprint density at radius 3 is 2.82 bits per heavy atom. The van der Waals surface area contributed by atoms with Gasteiger partial charge < -0.3 is 9.84 Å².